The van der Waals surface area contributed by atoms with Gasteiger partial charge in [-0.2, -0.15) is 0 Å². The number of nitrogens with zero attached hydrogens (tertiary/aromatic N) is 4. The van der Waals surface area contributed by atoms with E-state index in [-0.39, 0.29) is 11.8 Å². The van der Waals surface area contributed by atoms with Gasteiger partial charge in [0.15, 0.2) is 0 Å². The van der Waals surface area contributed by atoms with Gasteiger partial charge in [-0.05, 0) is 81.6 Å². The average Bonchev–Trinajstić information content (AvgIpc) is 2.79. The molecule has 0 spiro atoms. The summed E-state index contributed by atoms with van der Waals surface area (Å²) in [7, 11) is 0. The third-order valence-electron chi connectivity index (χ3n) is 6.45. The number of aromatic nitrogens is 2. The van der Waals surface area contributed by atoms with E-state index in [1.54, 1.807) is 6.20 Å². The van der Waals surface area contributed by atoms with Gasteiger partial charge in [0.05, 0.1) is 5.92 Å². The van der Waals surface area contributed by atoms with E-state index in [0.717, 1.165) is 56.8 Å². The Balaban J connectivity index is 1.23. The molecular weight excluding hydrogens is 374 g/mol. The van der Waals surface area contributed by atoms with E-state index in [1.807, 2.05) is 37.5 Å². The third kappa shape index (κ3) is 5.64. The van der Waals surface area contributed by atoms with E-state index < -0.39 is 0 Å². The maximum absolute atomic E-state index is 12.8. The number of hydrogen-bond donors (Lipinski definition) is 1. The maximum atomic E-state index is 12.8. The van der Waals surface area contributed by atoms with Crippen LogP contribution in [0.3, 0.4) is 0 Å². The molecule has 2 aliphatic heterocycles. The molecule has 0 aliphatic carbocycles. The first-order chi connectivity index (χ1) is 14.7. The van der Waals surface area contributed by atoms with Gasteiger partial charge in [0.25, 0.3) is 0 Å². The van der Waals surface area contributed by atoms with Gasteiger partial charge in [0.2, 0.25) is 5.91 Å². The van der Waals surface area contributed by atoms with Crippen LogP contribution in [0.5, 0.6) is 0 Å². The summed E-state index contributed by atoms with van der Waals surface area (Å²) in [4.78, 5) is 26.3. The van der Waals surface area contributed by atoms with Crippen LogP contribution < -0.4 is 5.32 Å². The largest absolute Gasteiger partial charge is 0.352 e. The molecule has 160 valence electrons. The van der Waals surface area contributed by atoms with E-state index >= 15 is 0 Å². The number of aryl methyl sites for hydroxylation is 1. The van der Waals surface area contributed by atoms with Crippen LogP contribution in [0.4, 0.5) is 0 Å². The Morgan fingerprint density at radius 1 is 1.13 bits per heavy atom. The first kappa shape index (κ1) is 20.9. The fourth-order valence-electron chi connectivity index (χ4n) is 4.79. The molecule has 2 aromatic rings. The predicted octanol–water partition coefficient (Wildman–Crippen LogP) is 2.78. The minimum Gasteiger partial charge on any atom is -0.352 e. The van der Waals surface area contributed by atoms with Gasteiger partial charge in [-0.1, -0.05) is 6.07 Å². The van der Waals surface area contributed by atoms with Crippen molar-refractivity contribution in [3.8, 4) is 0 Å². The molecule has 2 saturated heterocycles. The fraction of sp³-hybridized carbons (Fsp3) is 0.542. The number of amides is 1. The summed E-state index contributed by atoms with van der Waals surface area (Å²) in [6.45, 7) is 7.82. The minimum atomic E-state index is 0.107. The summed E-state index contributed by atoms with van der Waals surface area (Å²) in [6, 6.07) is 8.78. The van der Waals surface area contributed by atoms with Gasteiger partial charge in [0, 0.05) is 50.0 Å². The van der Waals surface area contributed by atoms with Crippen LogP contribution in [-0.4, -0.2) is 57.9 Å². The highest BCUT2D eigenvalue weighted by Gasteiger charge is 2.31. The van der Waals surface area contributed by atoms with Crippen molar-refractivity contribution in [2.24, 2.45) is 5.92 Å². The summed E-state index contributed by atoms with van der Waals surface area (Å²) >= 11 is 0. The topological polar surface area (TPSA) is 61.4 Å². The Hall–Kier alpha value is -2.31. The zero-order valence-electron chi connectivity index (χ0n) is 18.0. The number of hydrogen-bond acceptors (Lipinski definition) is 5. The molecule has 1 atom stereocenters. The van der Waals surface area contributed by atoms with Gasteiger partial charge in [-0.25, -0.2) is 0 Å². The molecule has 0 unspecified atom stereocenters. The Kier molecular flexibility index (Phi) is 7.07. The second kappa shape index (κ2) is 10.1. The molecule has 4 rings (SSSR count). The highest BCUT2D eigenvalue weighted by Crippen LogP contribution is 2.24. The number of pyridine rings is 2. The molecule has 0 radical (unpaired) electrons. The summed E-state index contributed by atoms with van der Waals surface area (Å²) in [5, 5.41) is 3.15. The second-order valence-electron chi connectivity index (χ2n) is 8.73. The average molecular weight is 408 g/mol. The van der Waals surface area contributed by atoms with Crippen molar-refractivity contribution in [2.45, 2.75) is 51.7 Å². The molecule has 0 bridgehead atoms. The van der Waals surface area contributed by atoms with Gasteiger partial charge in [0.1, 0.15) is 0 Å². The van der Waals surface area contributed by atoms with Crippen LogP contribution >= 0.6 is 0 Å². The lowest BCUT2D eigenvalue weighted by molar-refractivity contribution is -0.127. The zero-order chi connectivity index (χ0) is 20.8. The van der Waals surface area contributed by atoms with Gasteiger partial charge in [-0.3, -0.25) is 24.6 Å². The van der Waals surface area contributed by atoms with E-state index in [1.165, 1.54) is 18.4 Å². The summed E-state index contributed by atoms with van der Waals surface area (Å²) in [6.07, 6.45) is 10.1. The van der Waals surface area contributed by atoms with Crippen LogP contribution in [0.15, 0.2) is 42.9 Å². The predicted molar refractivity (Wildman–Crippen MR) is 118 cm³/mol. The first-order valence-electron chi connectivity index (χ1n) is 11.2. The molecule has 2 aromatic heterocycles. The Bertz CT molecular complexity index is 819. The zero-order valence-corrected chi connectivity index (χ0v) is 18.0. The minimum absolute atomic E-state index is 0.107. The van der Waals surface area contributed by atoms with Crippen molar-refractivity contribution in [1.29, 1.82) is 0 Å². The lowest BCUT2D eigenvalue weighted by atomic mass is 9.93. The smallest absolute Gasteiger partial charge is 0.224 e. The molecule has 0 saturated carbocycles. The highest BCUT2D eigenvalue weighted by atomic mass is 16.1. The molecule has 4 heterocycles. The van der Waals surface area contributed by atoms with Crippen LogP contribution in [0, 0.1) is 12.8 Å². The maximum Gasteiger partial charge on any atom is 0.224 e. The number of nitrogens with one attached hydrogen (secondary N) is 1. The van der Waals surface area contributed by atoms with Crippen molar-refractivity contribution in [3.63, 3.8) is 0 Å². The lowest BCUT2D eigenvalue weighted by Crippen LogP contribution is -2.50. The molecule has 30 heavy (non-hydrogen) atoms. The molecule has 1 N–H and O–H groups in total. The molecule has 0 aromatic carbocycles. The van der Waals surface area contributed by atoms with Gasteiger partial charge < -0.3 is 5.32 Å². The fourth-order valence-corrected chi connectivity index (χ4v) is 4.79. The van der Waals surface area contributed by atoms with Crippen molar-refractivity contribution >= 4 is 5.91 Å². The summed E-state index contributed by atoms with van der Waals surface area (Å²) in [5.41, 5.74) is 3.39. The Morgan fingerprint density at radius 2 is 2.00 bits per heavy atom. The van der Waals surface area contributed by atoms with E-state index in [9.17, 15) is 4.79 Å². The highest BCUT2D eigenvalue weighted by molar-refractivity contribution is 5.79. The van der Waals surface area contributed by atoms with Gasteiger partial charge >= 0.3 is 0 Å². The SMILES string of the molecule is Cc1cc(CNC(=O)[C@@H]2CCCN(C3CCN(Cc4cccnc4)CC3)C2)ccn1. The van der Waals surface area contributed by atoms with Crippen LogP contribution in [0.1, 0.15) is 42.5 Å². The van der Waals surface area contributed by atoms with Crippen molar-refractivity contribution < 1.29 is 4.79 Å². The number of carbonyl (C=O) groups is 1. The number of rotatable bonds is 6. The number of likely N-dealkylation sites (tertiary alicyclic amines) is 2. The first-order valence-corrected chi connectivity index (χ1v) is 11.2. The monoisotopic (exact) mass is 407 g/mol. The Labute approximate surface area is 179 Å². The summed E-state index contributed by atoms with van der Waals surface area (Å²) in [5.74, 6) is 0.304. The molecule has 2 aliphatic rings. The standard InChI is InChI=1S/C24H33N5O/c1-19-14-20(6-10-26-19)16-27-24(30)22-5-3-11-29(18-22)23-7-12-28(13-8-23)17-21-4-2-9-25-15-21/h2,4,6,9-10,14-15,22-23H,3,5,7-8,11-13,16-18H2,1H3,(H,27,30)/t22-/m1/s1. The van der Waals surface area contributed by atoms with E-state index in [0.29, 0.717) is 12.6 Å². The van der Waals surface area contributed by atoms with E-state index in [4.69, 9.17) is 0 Å². The van der Waals surface area contributed by atoms with E-state index in [2.05, 4.69) is 31.2 Å². The van der Waals surface area contributed by atoms with Crippen LogP contribution in [0.2, 0.25) is 0 Å². The van der Waals surface area contributed by atoms with Crippen LogP contribution in [-0.2, 0) is 17.9 Å². The third-order valence-corrected chi connectivity index (χ3v) is 6.45. The number of piperidine rings is 2. The second-order valence-corrected chi connectivity index (χ2v) is 8.73. The van der Waals surface area contributed by atoms with Crippen molar-refractivity contribution in [2.75, 3.05) is 26.2 Å². The lowest BCUT2D eigenvalue weighted by Gasteiger charge is -2.42. The Morgan fingerprint density at radius 3 is 2.77 bits per heavy atom. The summed E-state index contributed by atoms with van der Waals surface area (Å²) < 4.78 is 0. The quantitative estimate of drug-likeness (QED) is 0.798. The molecule has 6 heteroatoms. The molecular formula is C24H33N5O. The molecule has 2 fully saturated rings. The number of carbonyl (C=O) groups excluding carboxylic acids is 1. The van der Waals surface area contributed by atoms with Crippen molar-refractivity contribution in [1.82, 2.24) is 25.1 Å². The molecule has 1 amide bonds. The van der Waals surface area contributed by atoms with Crippen molar-refractivity contribution in [3.05, 3.63) is 59.7 Å². The normalized spacial score (nSPS) is 21.4. The van der Waals surface area contributed by atoms with Crippen LogP contribution in [0.25, 0.3) is 0 Å². The molecule has 6 nitrogen and oxygen atoms in total. The van der Waals surface area contributed by atoms with Gasteiger partial charge in [-0.15, -0.1) is 0 Å².